The second kappa shape index (κ2) is 6.40. The van der Waals surface area contributed by atoms with Gasteiger partial charge in [-0.2, -0.15) is 4.98 Å². The van der Waals surface area contributed by atoms with Gasteiger partial charge in [0.25, 0.3) is 5.91 Å². The van der Waals surface area contributed by atoms with Crippen molar-refractivity contribution in [2.45, 2.75) is 31.5 Å². The van der Waals surface area contributed by atoms with Crippen LogP contribution in [0.15, 0.2) is 11.0 Å². The van der Waals surface area contributed by atoms with Crippen LogP contribution in [0, 0.1) is 0 Å². The third-order valence-corrected chi connectivity index (χ3v) is 3.22. The van der Waals surface area contributed by atoms with E-state index in [1.54, 1.807) is 0 Å². The Hall–Kier alpha value is -2.01. The van der Waals surface area contributed by atoms with Gasteiger partial charge in [-0.25, -0.2) is 4.79 Å². The number of aliphatic hydroxyl groups is 2. The minimum atomic E-state index is -1.34. The second-order valence-corrected chi connectivity index (χ2v) is 4.86. The summed E-state index contributed by atoms with van der Waals surface area (Å²) in [7, 11) is 1.32. The molecule has 1 saturated heterocycles. The zero-order valence-corrected chi connectivity index (χ0v) is 12.0. The summed E-state index contributed by atoms with van der Waals surface area (Å²) >= 11 is 0. The van der Waals surface area contributed by atoms with Crippen molar-refractivity contribution in [1.29, 1.82) is 0 Å². The number of ether oxygens (including phenoxy) is 2. The highest BCUT2D eigenvalue weighted by Gasteiger charge is 2.42. The Kier molecular flexibility index (Phi) is 4.76. The van der Waals surface area contributed by atoms with Crippen LogP contribution in [0.4, 0.5) is 5.82 Å². The van der Waals surface area contributed by atoms with Gasteiger partial charge in [0.2, 0.25) is 0 Å². The lowest BCUT2D eigenvalue weighted by molar-refractivity contribution is -0.119. The third kappa shape index (κ3) is 3.09. The molecule has 1 amide bonds. The van der Waals surface area contributed by atoms with Crippen LogP contribution in [-0.4, -0.2) is 62.8 Å². The van der Waals surface area contributed by atoms with Gasteiger partial charge in [0.15, 0.2) is 17.8 Å². The highest BCUT2D eigenvalue weighted by Crippen LogP contribution is 2.29. The predicted molar refractivity (Wildman–Crippen MR) is 72.3 cm³/mol. The van der Waals surface area contributed by atoms with Gasteiger partial charge in [-0.15, -0.1) is 0 Å². The number of amides is 1. The van der Waals surface area contributed by atoms with Crippen molar-refractivity contribution in [2.24, 2.45) is 0 Å². The molecule has 0 saturated carbocycles. The van der Waals surface area contributed by atoms with Crippen LogP contribution in [0.25, 0.3) is 0 Å². The van der Waals surface area contributed by atoms with E-state index in [9.17, 15) is 24.9 Å². The molecular formula is C12H17N3O7. The molecule has 1 aliphatic heterocycles. The van der Waals surface area contributed by atoms with Gasteiger partial charge in [-0.3, -0.25) is 9.36 Å². The lowest BCUT2D eigenvalue weighted by Crippen LogP contribution is -2.35. The third-order valence-electron chi connectivity index (χ3n) is 3.22. The van der Waals surface area contributed by atoms with Crippen LogP contribution in [0.2, 0.25) is 0 Å². The number of hydrogen-bond acceptors (Lipinski definition) is 8. The van der Waals surface area contributed by atoms with Crippen molar-refractivity contribution in [3.05, 3.63) is 16.7 Å². The zero-order chi connectivity index (χ0) is 16.4. The number of aromatic hydroxyl groups is 1. The normalized spacial score (nSPS) is 27.8. The number of aromatic nitrogens is 2. The predicted octanol–water partition coefficient (Wildman–Crippen LogP) is -1.83. The first-order valence-corrected chi connectivity index (χ1v) is 6.47. The first-order valence-electron chi connectivity index (χ1n) is 6.47. The lowest BCUT2D eigenvalue weighted by Gasteiger charge is -2.18. The molecule has 0 aromatic carbocycles. The Labute approximate surface area is 124 Å². The summed E-state index contributed by atoms with van der Waals surface area (Å²) in [5.74, 6) is -1.41. The molecule has 0 radical (unpaired) electrons. The molecule has 1 unspecified atom stereocenters. The molecule has 122 valence electrons. The van der Waals surface area contributed by atoms with E-state index in [4.69, 9.17) is 4.74 Å². The minimum absolute atomic E-state index is 0.266. The van der Waals surface area contributed by atoms with Crippen molar-refractivity contribution in [3.8, 4) is 5.75 Å². The highest BCUT2D eigenvalue weighted by molar-refractivity contribution is 5.91. The first-order chi connectivity index (χ1) is 10.3. The molecule has 1 aliphatic rings. The quantitative estimate of drug-likeness (QED) is 0.508. The van der Waals surface area contributed by atoms with Gasteiger partial charge >= 0.3 is 5.69 Å². The van der Waals surface area contributed by atoms with E-state index >= 15 is 0 Å². The van der Waals surface area contributed by atoms with Gasteiger partial charge < -0.3 is 30.1 Å². The SMILES string of the molecule is COCC(=O)Nc1nc(=O)n([C@@H]2O[C@H](C)[C@H](O)C2O)cc1O. The van der Waals surface area contributed by atoms with Crippen molar-refractivity contribution >= 4 is 11.7 Å². The average molecular weight is 315 g/mol. The highest BCUT2D eigenvalue weighted by atomic mass is 16.6. The van der Waals surface area contributed by atoms with Crippen LogP contribution in [0.5, 0.6) is 5.75 Å². The number of rotatable bonds is 4. The van der Waals surface area contributed by atoms with Crippen molar-refractivity contribution in [1.82, 2.24) is 9.55 Å². The minimum Gasteiger partial charge on any atom is -0.503 e. The molecule has 10 nitrogen and oxygen atoms in total. The average Bonchev–Trinajstić information content (AvgIpc) is 2.70. The number of carbonyl (C=O) groups excluding carboxylic acids is 1. The maximum absolute atomic E-state index is 12.0. The fourth-order valence-corrected chi connectivity index (χ4v) is 2.09. The Morgan fingerprint density at radius 2 is 2.18 bits per heavy atom. The van der Waals surface area contributed by atoms with E-state index in [0.29, 0.717) is 0 Å². The molecule has 10 heteroatoms. The molecular weight excluding hydrogens is 298 g/mol. The fraction of sp³-hybridized carbons (Fsp3) is 0.583. The van der Waals surface area contributed by atoms with Crippen molar-refractivity contribution in [3.63, 3.8) is 0 Å². The monoisotopic (exact) mass is 315 g/mol. The summed E-state index contributed by atoms with van der Waals surface area (Å²) < 4.78 is 10.7. The number of nitrogens with zero attached hydrogens (tertiary/aromatic N) is 2. The van der Waals surface area contributed by atoms with Gasteiger partial charge in [0.1, 0.15) is 18.8 Å². The summed E-state index contributed by atoms with van der Waals surface area (Å²) in [4.78, 5) is 26.8. The number of nitrogens with one attached hydrogen (secondary N) is 1. The molecule has 1 aromatic rings. The zero-order valence-electron chi connectivity index (χ0n) is 12.0. The van der Waals surface area contributed by atoms with Gasteiger partial charge in [0.05, 0.1) is 12.3 Å². The smallest absolute Gasteiger partial charge is 0.351 e. The number of methoxy groups -OCH3 is 1. The molecule has 4 N–H and O–H groups in total. The fourth-order valence-electron chi connectivity index (χ4n) is 2.09. The lowest BCUT2D eigenvalue weighted by atomic mass is 10.1. The molecule has 2 heterocycles. The van der Waals surface area contributed by atoms with E-state index in [0.717, 1.165) is 10.8 Å². The number of carbonyl (C=O) groups is 1. The van der Waals surface area contributed by atoms with Crippen LogP contribution < -0.4 is 11.0 Å². The molecule has 0 spiro atoms. The van der Waals surface area contributed by atoms with E-state index in [1.165, 1.54) is 14.0 Å². The molecule has 0 aliphatic carbocycles. The molecule has 22 heavy (non-hydrogen) atoms. The Balaban J connectivity index is 2.27. The van der Waals surface area contributed by atoms with E-state index < -0.39 is 41.9 Å². The number of anilines is 1. The van der Waals surface area contributed by atoms with Crippen LogP contribution >= 0.6 is 0 Å². The summed E-state index contributed by atoms with van der Waals surface area (Å²) in [6.07, 6.45) is -3.41. The largest absolute Gasteiger partial charge is 0.503 e. The first kappa shape index (κ1) is 16.4. The number of hydrogen-bond donors (Lipinski definition) is 4. The maximum Gasteiger partial charge on any atom is 0.351 e. The van der Waals surface area contributed by atoms with Crippen molar-refractivity contribution < 1.29 is 29.6 Å². The second-order valence-electron chi connectivity index (χ2n) is 4.86. The Morgan fingerprint density at radius 1 is 1.50 bits per heavy atom. The van der Waals surface area contributed by atoms with Crippen LogP contribution in [-0.2, 0) is 14.3 Å². The standard InChI is InChI=1S/C12H17N3O7/c1-5-8(18)9(19)11(22-5)15-3-6(16)10(14-12(15)20)13-7(17)4-21-2/h3,5,8-9,11,16,18-19H,4H2,1-2H3,(H,13,14,17,20)/t5-,8+,9?,11-/m1/s1. The summed E-state index contributed by atoms with van der Waals surface area (Å²) in [5.41, 5.74) is -0.865. The van der Waals surface area contributed by atoms with Crippen molar-refractivity contribution in [2.75, 3.05) is 19.0 Å². The molecule has 4 atom stereocenters. The van der Waals surface area contributed by atoms with E-state index in [1.807, 2.05) is 0 Å². The summed E-state index contributed by atoms with van der Waals surface area (Å²) in [5, 5.41) is 31.5. The van der Waals surface area contributed by atoms with E-state index in [2.05, 4.69) is 15.0 Å². The van der Waals surface area contributed by atoms with Crippen LogP contribution in [0.1, 0.15) is 13.2 Å². The summed E-state index contributed by atoms with van der Waals surface area (Å²) in [6.45, 7) is 1.27. The topological polar surface area (TPSA) is 143 Å². The van der Waals surface area contributed by atoms with Gasteiger partial charge in [0, 0.05) is 7.11 Å². The molecule has 1 aromatic heterocycles. The van der Waals surface area contributed by atoms with Gasteiger partial charge in [-0.05, 0) is 6.92 Å². The Morgan fingerprint density at radius 3 is 2.73 bits per heavy atom. The van der Waals surface area contributed by atoms with Crippen LogP contribution in [0.3, 0.4) is 0 Å². The molecule has 2 rings (SSSR count). The molecule has 0 bridgehead atoms. The molecule has 1 fully saturated rings. The van der Waals surface area contributed by atoms with Gasteiger partial charge in [-0.1, -0.05) is 0 Å². The number of aliphatic hydroxyl groups excluding tert-OH is 2. The Bertz CT molecular complexity index is 617. The van der Waals surface area contributed by atoms with E-state index in [-0.39, 0.29) is 12.4 Å². The summed E-state index contributed by atoms with van der Waals surface area (Å²) in [6, 6.07) is 0. The maximum atomic E-state index is 12.0.